The number of benzene rings is 3. The molecule has 0 aliphatic carbocycles. The molecular weight excluding hydrogens is 1500 g/mol. The highest BCUT2D eigenvalue weighted by atomic mass is 16.4. The summed E-state index contributed by atoms with van der Waals surface area (Å²) in [6.45, 7) is 10.3. The third-order valence-electron chi connectivity index (χ3n) is 20.7. The number of imidazole rings is 1. The lowest BCUT2D eigenvalue weighted by Crippen LogP contribution is -2.61. The van der Waals surface area contributed by atoms with Gasteiger partial charge in [-0.05, 0) is 143 Å². The molecule has 3 aromatic carbocycles. The molecule has 628 valence electrons. The van der Waals surface area contributed by atoms with E-state index >= 15 is 4.79 Å². The topological polar surface area (TPSA) is 545 Å². The lowest BCUT2D eigenvalue weighted by molar-refractivity contribution is -0.143. The number of carbonyl (C=O) groups excluding carboxylic acids is 13. The summed E-state index contributed by atoms with van der Waals surface area (Å²) in [5, 5.41) is 48.3. The van der Waals surface area contributed by atoms with Crippen molar-refractivity contribution in [3.05, 3.63) is 120 Å². The molecule has 0 spiro atoms. The quantitative estimate of drug-likeness (QED) is 0.0236. The zero-order chi connectivity index (χ0) is 84.3. The second-order valence-corrected chi connectivity index (χ2v) is 30.8. The van der Waals surface area contributed by atoms with Crippen LogP contribution in [0, 0.1) is 11.8 Å². The maximum atomic E-state index is 15.0. The number of aromatic amines is 3. The second kappa shape index (κ2) is 43.7. The average Bonchev–Trinajstić information content (AvgIpc) is 1.68. The van der Waals surface area contributed by atoms with E-state index in [1.165, 1.54) is 47.3 Å². The second-order valence-electron chi connectivity index (χ2n) is 30.8. The number of hydrogen-bond donors (Lipinski definition) is 18. The summed E-state index contributed by atoms with van der Waals surface area (Å²) in [6, 6.07) is 5.30. The first-order valence-corrected chi connectivity index (χ1v) is 39.8. The fourth-order valence-corrected chi connectivity index (χ4v) is 14.5. The van der Waals surface area contributed by atoms with Gasteiger partial charge in [0.1, 0.15) is 72.2 Å². The number of carboxylic acids is 1. The van der Waals surface area contributed by atoms with Crippen LogP contribution in [0.25, 0.3) is 21.8 Å². The van der Waals surface area contributed by atoms with Crippen molar-refractivity contribution in [3.63, 3.8) is 0 Å². The number of nitrogens with one attached hydrogen (secondary N) is 13. The first kappa shape index (κ1) is 89.8. The van der Waals surface area contributed by atoms with Gasteiger partial charge in [-0.2, -0.15) is 0 Å². The monoisotopic (exact) mass is 1610 g/mol. The number of unbranched alkanes of at least 4 members (excludes halogenated alkanes) is 2. The minimum absolute atomic E-state index is 0.00483. The molecule has 13 amide bonds. The molecule has 2 aliphatic rings. The Morgan fingerprint density at radius 1 is 0.526 bits per heavy atom. The van der Waals surface area contributed by atoms with Gasteiger partial charge in [0.05, 0.1) is 24.6 Å². The van der Waals surface area contributed by atoms with Crippen LogP contribution >= 0.6 is 0 Å². The summed E-state index contributed by atoms with van der Waals surface area (Å²) in [5.74, 6) is -11.7. The Labute approximate surface area is 672 Å². The molecule has 6 aromatic rings. The number of aromatic nitrogens is 4. The molecule has 0 bridgehead atoms. The van der Waals surface area contributed by atoms with Gasteiger partial charge in [-0.3, -0.25) is 62.3 Å². The van der Waals surface area contributed by atoms with Crippen molar-refractivity contribution in [2.24, 2.45) is 29.0 Å². The highest BCUT2D eigenvalue weighted by molar-refractivity contribution is 6.00. The molecule has 0 saturated carbocycles. The minimum Gasteiger partial charge on any atom is -0.508 e. The first-order chi connectivity index (χ1) is 55.4. The number of amides is 13. The predicted molar refractivity (Wildman–Crippen MR) is 429 cm³/mol. The van der Waals surface area contributed by atoms with Crippen molar-refractivity contribution < 1.29 is 77.3 Å². The molecule has 2 fully saturated rings. The number of H-pyrrole nitrogens is 3. The van der Waals surface area contributed by atoms with E-state index in [0.29, 0.717) is 55.3 Å². The fourth-order valence-electron chi connectivity index (χ4n) is 14.5. The highest BCUT2D eigenvalue weighted by Crippen LogP contribution is 2.25. The molecule has 0 radical (unpaired) electrons. The number of rotatable bonds is 45. The zero-order valence-electron chi connectivity index (χ0n) is 66.6. The number of nitrogens with two attached hydrogens (primary N) is 3. The first-order valence-electron chi connectivity index (χ1n) is 39.8. The molecule has 2 saturated heterocycles. The average molecular weight is 1610 g/mol. The SMILES string of the molecule is CCCC[C@H](NC(=O)[C@@H]1CCCN1C(=O)[C@@H](C)NC(=O)CNC(=O)[C@@H]1CCCN1C(=O)[C@H](CCCCN)NC(=O)[C@H](CC(C)C)NC(=O)[C@H](CCC(N)=O)NC(=O)[C@H](CC(C)C)NC(=O)[C@H](Cc1c[nH]c2ccccc12)NC(=O)[C@H](Cc1c[nH]cn1)NC(=O)[C@@H](N)Cc1c[nH]c2ccccc12)C(=O)N[C@@H](Cc1ccc(O)cc1)C(=O)O. The number of phenolic OH excluding ortho intramolecular Hbond substituents is 1. The summed E-state index contributed by atoms with van der Waals surface area (Å²) in [7, 11) is 0. The van der Waals surface area contributed by atoms with Crippen LogP contribution in [0.2, 0.25) is 0 Å². The summed E-state index contributed by atoms with van der Waals surface area (Å²) < 4.78 is 0. The largest absolute Gasteiger partial charge is 0.508 e. The van der Waals surface area contributed by atoms with E-state index < -0.39 is 168 Å². The minimum atomic E-state index is -1.56. The zero-order valence-corrected chi connectivity index (χ0v) is 66.6. The Balaban J connectivity index is 0.905. The molecule has 2 aliphatic heterocycles. The molecule has 35 heteroatoms. The van der Waals surface area contributed by atoms with E-state index in [0.717, 1.165) is 27.4 Å². The van der Waals surface area contributed by atoms with Crippen LogP contribution in [0.4, 0.5) is 0 Å². The van der Waals surface area contributed by atoms with Crippen molar-refractivity contribution in [1.82, 2.24) is 82.9 Å². The van der Waals surface area contributed by atoms with Crippen molar-refractivity contribution in [3.8, 4) is 5.75 Å². The van der Waals surface area contributed by atoms with Gasteiger partial charge in [-0.1, -0.05) is 96.0 Å². The van der Waals surface area contributed by atoms with Crippen LogP contribution in [0.3, 0.4) is 0 Å². The summed E-state index contributed by atoms with van der Waals surface area (Å²) >= 11 is 0. The third-order valence-corrected chi connectivity index (χ3v) is 20.7. The van der Waals surface area contributed by atoms with E-state index in [4.69, 9.17) is 17.2 Å². The molecule has 5 heterocycles. The maximum absolute atomic E-state index is 15.0. The van der Waals surface area contributed by atoms with Gasteiger partial charge >= 0.3 is 5.97 Å². The Kier molecular flexibility index (Phi) is 33.8. The lowest BCUT2D eigenvalue weighted by Gasteiger charge is -2.31. The number of hydrogen-bond acceptors (Lipinski definition) is 18. The van der Waals surface area contributed by atoms with Crippen LogP contribution in [0.5, 0.6) is 5.75 Å². The normalized spacial score (nSPS) is 16.6. The van der Waals surface area contributed by atoms with Crippen molar-refractivity contribution >= 4 is 105 Å². The molecule has 8 rings (SSSR count). The number of aliphatic carboxylic acids is 1. The van der Waals surface area contributed by atoms with E-state index in [1.54, 1.807) is 52.4 Å². The van der Waals surface area contributed by atoms with Gasteiger partial charge in [0.25, 0.3) is 0 Å². The van der Waals surface area contributed by atoms with E-state index in [9.17, 15) is 72.5 Å². The Bertz CT molecular complexity index is 4390. The van der Waals surface area contributed by atoms with Gasteiger partial charge in [0.15, 0.2) is 0 Å². The Hall–Kier alpha value is -11.8. The van der Waals surface area contributed by atoms with Crippen molar-refractivity contribution in [2.75, 3.05) is 26.2 Å². The van der Waals surface area contributed by atoms with Gasteiger partial charge in [-0.15, -0.1) is 0 Å². The summed E-state index contributed by atoms with van der Waals surface area (Å²) in [4.78, 5) is 213. The third kappa shape index (κ3) is 26.1. The standard InChI is InChI=1S/C81H113N19O16/c1-7-8-19-58(71(105)98-65(81(115)116)36-48-25-27-52(101)28-26-48)92-78(112)67-24-16-32-99(67)79(113)47(6)90-69(103)43-88-77(111)66-23-15-33-100(66)80(114)60(22-13-14-31-82)93-74(108)62(35-46(4)5)95-72(106)59(29-30-68(84)102)91-73(107)61(34-45(2)3)96-75(109)63(38-50-41-87-57-21-12-10-18-54(50)57)97-76(110)64(39-51-42-85-44-89-51)94-70(104)55(83)37-49-40-86-56-20-11-9-17-53(49)56/h9-12,17-18,20-21,25-28,40-42,44-47,55,58-67,86-87,101H,7-8,13-16,19,22-24,29-39,43,82-83H2,1-6H3,(H2,84,102)(H,85,89)(H,88,111)(H,90,103)(H,91,107)(H,92,112)(H,93,108)(H,94,104)(H,95,106)(H,96,109)(H,97,110)(H,98,105)(H,115,116)/t47-,55+,58+,59+,60+,61+,62+,63+,64+,65+,66+,67+/m1/s1. The van der Waals surface area contributed by atoms with Crippen molar-refractivity contribution in [2.45, 2.75) is 230 Å². The van der Waals surface area contributed by atoms with Gasteiger partial charge in [0, 0.05) is 79.2 Å². The van der Waals surface area contributed by atoms with Crippen LogP contribution in [-0.4, -0.2) is 221 Å². The van der Waals surface area contributed by atoms with Crippen LogP contribution in [0.1, 0.15) is 154 Å². The lowest BCUT2D eigenvalue weighted by atomic mass is 9.99. The van der Waals surface area contributed by atoms with Crippen LogP contribution in [0.15, 0.2) is 97.7 Å². The number of aromatic hydroxyl groups is 1. The smallest absolute Gasteiger partial charge is 0.326 e. The number of para-hydroxylation sites is 2. The molecule has 0 unspecified atom stereocenters. The Morgan fingerprint density at radius 2 is 1.02 bits per heavy atom. The number of nitrogens with zero attached hydrogens (tertiary/aromatic N) is 3. The van der Waals surface area contributed by atoms with E-state index in [1.807, 2.05) is 49.4 Å². The van der Waals surface area contributed by atoms with Crippen molar-refractivity contribution in [1.29, 1.82) is 0 Å². The number of carboxylic acid groups (broad SMARTS) is 1. The fraction of sp³-hybridized carbons (Fsp3) is 0.519. The molecule has 35 nitrogen and oxygen atoms in total. The molecule has 21 N–H and O–H groups in total. The van der Waals surface area contributed by atoms with Gasteiger partial charge in [0.2, 0.25) is 76.8 Å². The maximum Gasteiger partial charge on any atom is 0.326 e. The van der Waals surface area contributed by atoms with E-state index in [-0.39, 0.29) is 108 Å². The predicted octanol–water partition coefficient (Wildman–Crippen LogP) is 0.919. The van der Waals surface area contributed by atoms with Gasteiger partial charge < -0.3 is 105 Å². The van der Waals surface area contributed by atoms with Crippen LogP contribution < -0.4 is 70.4 Å². The Morgan fingerprint density at radius 3 is 1.57 bits per heavy atom. The van der Waals surface area contributed by atoms with Gasteiger partial charge in [-0.25, -0.2) is 9.78 Å². The summed E-state index contributed by atoms with van der Waals surface area (Å²) in [5.41, 5.74) is 21.9. The van der Waals surface area contributed by atoms with Crippen LogP contribution in [-0.2, 0) is 92.8 Å². The van der Waals surface area contributed by atoms with E-state index in [2.05, 4.69) is 73.1 Å². The summed E-state index contributed by atoms with van der Waals surface area (Å²) in [6.07, 6.45) is 8.66. The molecule has 12 atom stereocenters. The molecule has 116 heavy (non-hydrogen) atoms. The highest BCUT2D eigenvalue weighted by Gasteiger charge is 2.42. The number of likely N-dealkylation sites (tertiary alicyclic amines) is 2. The number of fused-ring (bicyclic) bond motifs is 2. The number of phenols is 1. The number of primary amides is 1. The number of carbonyl (C=O) groups is 14. The molecule has 3 aromatic heterocycles. The molecular formula is C81H113N19O16.